The average molecular weight is 310 g/mol. The van der Waals surface area contributed by atoms with Crippen LogP contribution in [0.3, 0.4) is 0 Å². The molecule has 21 heavy (non-hydrogen) atoms. The molecule has 1 aliphatic carbocycles. The Morgan fingerprint density at radius 2 is 2.10 bits per heavy atom. The van der Waals surface area contributed by atoms with Gasteiger partial charge in [-0.25, -0.2) is 9.78 Å². The van der Waals surface area contributed by atoms with Crippen molar-refractivity contribution >= 4 is 5.78 Å². The highest BCUT2D eigenvalue weighted by Gasteiger charge is 2.57. The molecule has 0 aromatic rings. The molecule has 4 nitrogen and oxygen atoms in total. The fraction of sp³-hybridized carbons (Fsp3) is 0.929. The number of ether oxygens (including phenoxy) is 1. The maximum atomic E-state index is 12.1. The number of carbonyl (C=O) groups excluding carboxylic acids is 1. The highest BCUT2D eigenvalue weighted by Crippen LogP contribution is 2.48. The minimum Gasteiger partial charge on any atom is -0.351 e. The minimum absolute atomic E-state index is 0.0970. The van der Waals surface area contributed by atoms with Crippen LogP contribution in [0.2, 0.25) is 0 Å². The van der Waals surface area contributed by atoms with Crippen molar-refractivity contribution in [1.82, 2.24) is 0 Å². The van der Waals surface area contributed by atoms with Crippen LogP contribution in [0.5, 0.6) is 0 Å². The van der Waals surface area contributed by atoms with Crippen LogP contribution in [-0.4, -0.2) is 31.0 Å². The number of Topliss-reactive ketones (excluding diaryl/α,β-unsaturated/α-hetero) is 1. The van der Waals surface area contributed by atoms with E-state index in [1.54, 1.807) is 0 Å². The normalized spacial score (nSPS) is 33.0. The standard InChI is InChI=1S/C14H21F3O4/c1-19-12-13(21-20-12)8-3-2-4-10(13)5-6-11(18)7-9-14(15,16)17/h10,12H,2-9H2,1H3/t10-,12?,13?/m0/s1. The van der Waals surface area contributed by atoms with Crippen LogP contribution in [-0.2, 0) is 19.3 Å². The molecule has 1 spiro atoms. The van der Waals surface area contributed by atoms with Gasteiger partial charge in [0.15, 0.2) is 5.60 Å². The fourth-order valence-electron chi connectivity index (χ4n) is 3.24. The fourth-order valence-corrected chi connectivity index (χ4v) is 3.24. The van der Waals surface area contributed by atoms with E-state index in [-0.39, 0.29) is 18.1 Å². The van der Waals surface area contributed by atoms with Gasteiger partial charge in [-0.05, 0) is 25.2 Å². The third-order valence-corrected chi connectivity index (χ3v) is 4.42. The van der Waals surface area contributed by atoms with Gasteiger partial charge in [0.1, 0.15) is 5.78 Å². The molecule has 2 fully saturated rings. The summed E-state index contributed by atoms with van der Waals surface area (Å²) in [5.74, 6) is -0.248. The summed E-state index contributed by atoms with van der Waals surface area (Å²) in [5, 5.41) is 0. The topological polar surface area (TPSA) is 44.8 Å². The van der Waals surface area contributed by atoms with E-state index in [1.165, 1.54) is 7.11 Å². The Morgan fingerprint density at radius 1 is 1.33 bits per heavy atom. The van der Waals surface area contributed by atoms with Crippen LogP contribution in [0, 0.1) is 5.92 Å². The molecule has 122 valence electrons. The second-order valence-electron chi connectivity index (χ2n) is 5.84. The van der Waals surface area contributed by atoms with Gasteiger partial charge in [0.25, 0.3) is 0 Å². The van der Waals surface area contributed by atoms with Crippen molar-refractivity contribution in [1.29, 1.82) is 0 Å². The van der Waals surface area contributed by atoms with E-state index in [1.807, 2.05) is 0 Å². The molecule has 1 saturated carbocycles. The molecule has 2 aliphatic rings. The predicted molar refractivity (Wildman–Crippen MR) is 67.2 cm³/mol. The summed E-state index contributed by atoms with van der Waals surface area (Å²) in [7, 11) is 1.54. The van der Waals surface area contributed by atoms with Crippen LogP contribution in [0.1, 0.15) is 51.4 Å². The number of alkyl halides is 3. The first kappa shape index (κ1) is 16.7. The highest BCUT2D eigenvalue weighted by atomic mass is 19.4. The number of ketones is 1. The molecule has 1 aliphatic heterocycles. The Hall–Kier alpha value is -0.660. The van der Waals surface area contributed by atoms with Gasteiger partial charge in [0.05, 0.1) is 6.42 Å². The van der Waals surface area contributed by atoms with Gasteiger partial charge in [-0.2, -0.15) is 13.2 Å². The van der Waals surface area contributed by atoms with Gasteiger partial charge >= 0.3 is 6.18 Å². The summed E-state index contributed by atoms with van der Waals surface area (Å²) in [6, 6.07) is 0. The van der Waals surface area contributed by atoms with E-state index < -0.39 is 30.9 Å². The van der Waals surface area contributed by atoms with Gasteiger partial charge in [-0.1, -0.05) is 12.8 Å². The van der Waals surface area contributed by atoms with Gasteiger partial charge in [0, 0.05) is 20.0 Å². The second kappa shape index (κ2) is 6.62. The Kier molecular flexibility index (Phi) is 5.27. The van der Waals surface area contributed by atoms with E-state index in [0.29, 0.717) is 6.42 Å². The molecule has 1 heterocycles. The van der Waals surface area contributed by atoms with Crippen molar-refractivity contribution < 1.29 is 32.5 Å². The average Bonchev–Trinajstić information content (AvgIpc) is 2.41. The first-order chi connectivity index (χ1) is 9.87. The molecule has 0 amide bonds. The van der Waals surface area contributed by atoms with Gasteiger partial charge in [-0.3, -0.25) is 4.79 Å². The zero-order valence-electron chi connectivity index (χ0n) is 12.1. The first-order valence-electron chi connectivity index (χ1n) is 7.33. The molecule has 2 rings (SSSR count). The first-order valence-corrected chi connectivity index (χ1v) is 7.33. The predicted octanol–water partition coefficient (Wildman–Crippen LogP) is 3.54. The van der Waals surface area contributed by atoms with E-state index in [4.69, 9.17) is 14.5 Å². The van der Waals surface area contributed by atoms with Crippen molar-refractivity contribution in [3.8, 4) is 0 Å². The third-order valence-electron chi connectivity index (χ3n) is 4.42. The second-order valence-corrected chi connectivity index (χ2v) is 5.84. The van der Waals surface area contributed by atoms with Crippen LogP contribution in [0.4, 0.5) is 13.2 Å². The molecular formula is C14H21F3O4. The number of methoxy groups -OCH3 is 1. The summed E-state index contributed by atoms with van der Waals surface area (Å²) in [6.45, 7) is 0. The van der Waals surface area contributed by atoms with E-state index >= 15 is 0 Å². The van der Waals surface area contributed by atoms with Crippen LogP contribution in [0.15, 0.2) is 0 Å². The van der Waals surface area contributed by atoms with Crippen molar-refractivity contribution in [3.63, 3.8) is 0 Å². The summed E-state index contributed by atoms with van der Waals surface area (Å²) in [4.78, 5) is 21.8. The molecule has 0 radical (unpaired) electrons. The summed E-state index contributed by atoms with van der Waals surface area (Å²) < 4.78 is 41.5. The lowest BCUT2D eigenvalue weighted by Crippen LogP contribution is -2.62. The lowest BCUT2D eigenvalue weighted by atomic mass is 9.71. The Morgan fingerprint density at radius 3 is 2.67 bits per heavy atom. The number of halogens is 3. The van der Waals surface area contributed by atoms with Gasteiger partial charge < -0.3 is 4.74 Å². The number of carbonyl (C=O) groups is 1. The van der Waals surface area contributed by atoms with Crippen molar-refractivity contribution in [2.45, 2.75) is 69.4 Å². The largest absolute Gasteiger partial charge is 0.389 e. The van der Waals surface area contributed by atoms with Crippen molar-refractivity contribution in [2.24, 2.45) is 5.92 Å². The molecule has 2 unspecified atom stereocenters. The third kappa shape index (κ3) is 3.96. The van der Waals surface area contributed by atoms with Crippen molar-refractivity contribution in [3.05, 3.63) is 0 Å². The SMILES string of the molecule is COC1OOC12CCCC[C@H]2CCC(=O)CCC(F)(F)F. The lowest BCUT2D eigenvalue weighted by Gasteiger charge is -2.52. The van der Waals surface area contributed by atoms with Crippen molar-refractivity contribution in [2.75, 3.05) is 7.11 Å². The monoisotopic (exact) mass is 310 g/mol. The number of rotatable bonds is 6. The highest BCUT2D eigenvalue weighted by molar-refractivity contribution is 5.78. The van der Waals surface area contributed by atoms with E-state index in [0.717, 1.165) is 25.7 Å². The van der Waals surface area contributed by atoms with Crippen LogP contribution in [0.25, 0.3) is 0 Å². The Balaban J connectivity index is 1.82. The molecule has 0 N–H and O–H groups in total. The minimum atomic E-state index is -4.27. The van der Waals surface area contributed by atoms with E-state index in [2.05, 4.69) is 0 Å². The Bertz CT molecular complexity index is 370. The zero-order chi connectivity index (χ0) is 15.5. The molecule has 0 bridgehead atoms. The summed E-state index contributed by atoms with van der Waals surface area (Å²) in [5.41, 5.74) is -0.517. The van der Waals surface area contributed by atoms with E-state index in [9.17, 15) is 18.0 Å². The summed E-state index contributed by atoms with van der Waals surface area (Å²) >= 11 is 0. The Labute approximate surface area is 121 Å². The number of hydrogen-bond acceptors (Lipinski definition) is 4. The molecule has 0 aromatic heterocycles. The molecule has 0 aromatic carbocycles. The van der Waals surface area contributed by atoms with Gasteiger partial charge in [-0.15, -0.1) is 0 Å². The van der Waals surface area contributed by atoms with Gasteiger partial charge in [0.2, 0.25) is 6.29 Å². The number of hydrogen-bond donors (Lipinski definition) is 0. The quantitative estimate of drug-likeness (QED) is 0.704. The maximum Gasteiger partial charge on any atom is 0.389 e. The van der Waals surface area contributed by atoms with Crippen LogP contribution < -0.4 is 0 Å². The zero-order valence-corrected chi connectivity index (χ0v) is 12.1. The molecular weight excluding hydrogens is 289 g/mol. The lowest BCUT2D eigenvalue weighted by molar-refractivity contribution is -0.571. The van der Waals surface area contributed by atoms with Crippen LogP contribution >= 0.6 is 0 Å². The molecule has 3 atom stereocenters. The molecule has 7 heteroatoms. The summed E-state index contributed by atoms with van der Waals surface area (Å²) in [6.07, 6.45) is -1.78. The smallest absolute Gasteiger partial charge is 0.351 e. The maximum absolute atomic E-state index is 12.1. The molecule has 1 saturated heterocycles.